The van der Waals surface area contributed by atoms with Crippen molar-refractivity contribution < 1.29 is 0 Å². The maximum atomic E-state index is 5.78. The highest BCUT2D eigenvalue weighted by Gasteiger charge is 2.19. The van der Waals surface area contributed by atoms with Gasteiger partial charge in [-0.05, 0) is 47.8 Å². The zero-order valence-electron chi connectivity index (χ0n) is 16.0. The Kier molecular flexibility index (Phi) is 4.79. The minimum absolute atomic E-state index is 0.749. The van der Waals surface area contributed by atoms with Crippen LogP contribution in [0.25, 0.3) is 22.0 Å². The van der Waals surface area contributed by atoms with E-state index in [1.807, 2.05) is 30.5 Å². The lowest BCUT2D eigenvalue weighted by Gasteiger charge is -2.27. The number of rotatable bonds is 4. The molecule has 29 heavy (non-hydrogen) atoms. The number of nitrogens with two attached hydrogens (primary N) is 1. The molecule has 0 saturated carbocycles. The van der Waals surface area contributed by atoms with Gasteiger partial charge in [0.15, 0.2) is 5.82 Å². The fraction of sp³-hybridized carbons (Fsp3) is 0.174. The molecule has 1 aliphatic heterocycles. The average Bonchev–Trinajstić information content (AvgIpc) is 3.29. The number of pyridine rings is 1. The molecule has 1 aliphatic rings. The van der Waals surface area contributed by atoms with Crippen molar-refractivity contribution in [3.05, 3.63) is 83.1 Å². The number of hydrogen-bond donors (Lipinski definition) is 1. The predicted octanol–water partition coefficient (Wildman–Crippen LogP) is 4.41. The zero-order chi connectivity index (χ0) is 19.6. The van der Waals surface area contributed by atoms with Crippen molar-refractivity contribution in [1.82, 2.24) is 19.9 Å². The molecule has 0 atom stereocenters. The van der Waals surface area contributed by atoms with E-state index in [-0.39, 0.29) is 0 Å². The predicted molar refractivity (Wildman–Crippen MR) is 117 cm³/mol. The smallest absolute Gasteiger partial charge is 0.159 e. The number of nitrogen functional groups attached to an aromatic ring is 1. The second kappa shape index (κ2) is 7.73. The van der Waals surface area contributed by atoms with Crippen LogP contribution in [0.15, 0.2) is 66.2 Å². The van der Waals surface area contributed by atoms with Crippen LogP contribution in [-0.2, 0) is 19.5 Å². The Labute approximate surface area is 173 Å². The molecule has 144 valence electrons. The standard InChI is InChI=1S/C23H21N5S/c24-18-8-6-16(7-9-18)23-25-13-17-14-28(11-10-20(17)27-23)15-19-3-1-4-21(26-19)22-5-2-12-29-22/h1-9,12-13H,10-11,14-15,24H2. The van der Waals surface area contributed by atoms with Gasteiger partial charge in [0.1, 0.15) is 0 Å². The van der Waals surface area contributed by atoms with Crippen LogP contribution in [0.3, 0.4) is 0 Å². The van der Waals surface area contributed by atoms with Gasteiger partial charge in [0, 0.05) is 49.1 Å². The first-order valence-corrected chi connectivity index (χ1v) is 10.6. The molecule has 2 N–H and O–H groups in total. The SMILES string of the molecule is Nc1ccc(-c2ncc3c(n2)CCN(Cc2cccc(-c4cccs4)n2)C3)cc1. The quantitative estimate of drug-likeness (QED) is 0.515. The number of thiophene rings is 1. The molecule has 5 nitrogen and oxygen atoms in total. The average molecular weight is 400 g/mol. The highest BCUT2D eigenvalue weighted by atomic mass is 32.1. The second-order valence-corrected chi connectivity index (χ2v) is 8.19. The lowest BCUT2D eigenvalue weighted by atomic mass is 10.1. The molecular weight excluding hydrogens is 378 g/mol. The molecule has 0 bridgehead atoms. The number of hydrogen-bond acceptors (Lipinski definition) is 6. The molecule has 5 rings (SSSR count). The van der Waals surface area contributed by atoms with E-state index in [1.165, 1.54) is 10.4 Å². The molecule has 3 aromatic heterocycles. The normalized spacial score (nSPS) is 13.9. The molecule has 0 amide bonds. The maximum Gasteiger partial charge on any atom is 0.159 e. The Bertz CT molecular complexity index is 1120. The molecule has 1 aromatic carbocycles. The molecule has 0 spiro atoms. The summed E-state index contributed by atoms with van der Waals surface area (Å²) >= 11 is 1.72. The largest absolute Gasteiger partial charge is 0.399 e. The molecule has 0 saturated heterocycles. The maximum absolute atomic E-state index is 5.78. The van der Waals surface area contributed by atoms with Crippen molar-refractivity contribution in [3.8, 4) is 22.0 Å². The van der Waals surface area contributed by atoms with Gasteiger partial charge in [0.2, 0.25) is 0 Å². The van der Waals surface area contributed by atoms with Gasteiger partial charge in [0.25, 0.3) is 0 Å². The fourth-order valence-electron chi connectivity index (χ4n) is 3.64. The van der Waals surface area contributed by atoms with Crippen molar-refractivity contribution in [1.29, 1.82) is 0 Å². The molecular formula is C23H21N5S. The van der Waals surface area contributed by atoms with Crippen molar-refractivity contribution in [2.45, 2.75) is 19.5 Å². The highest BCUT2D eigenvalue weighted by molar-refractivity contribution is 7.13. The van der Waals surface area contributed by atoms with Crippen molar-refractivity contribution in [2.24, 2.45) is 0 Å². The summed E-state index contributed by atoms with van der Waals surface area (Å²) in [6, 6.07) is 18.2. The Morgan fingerprint density at radius 3 is 2.72 bits per heavy atom. The molecule has 0 unspecified atom stereocenters. The molecule has 4 heterocycles. The Morgan fingerprint density at radius 1 is 1.00 bits per heavy atom. The third kappa shape index (κ3) is 3.90. The first kappa shape index (κ1) is 18.0. The van der Waals surface area contributed by atoms with Crippen molar-refractivity contribution >= 4 is 17.0 Å². The van der Waals surface area contributed by atoms with Gasteiger partial charge >= 0.3 is 0 Å². The van der Waals surface area contributed by atoms with E-state index in [4.69, 9.17) is 15.7 Å². The van der Waals surface area contributed by atoms with Gasteiger partial charge in [-0.15, -0.1) is 11.3 Å². The van der Waals surface area contributed by atoms with Gasteiger partial charge in [0.05, 0.1) is 22.0 Å². The minimum Gasteiger partial charge on any atom is -0.399 e. The summed E-state index contributed by atoms with van der Waals surface area (Å²) in [6.07, 6.45) is 2.89. The van der Waals surface area contributed by atoms with Crippen LogP contribution >= 0.6 is 11.3 Å². The van der Waals surface area contributed by atoms with Crippen LogP contribution in [0.2, 0.25) is 0 Å². The number of nitrogens with zero attached hydrogens (tertiary/aromatic N) is 4. The third-order valence-corrected chi connectivity index (χ3v) is 6.04. The monoisotopic (exact) mass is 399 g/mol. The lowest BCUT2D eigenvalue weighted by molar-refractivity contribution is 0.240. The van der Waals surface area contributed by atoms with Crippen LogP contribution < -0.4 is 5.73 Å². The molecule has 0 aliphatic carbocycles. The van der Waals surface area contributed by atoms with Gasteiger partial charge < -0.3 is 5.73 Å². The van der Waals surface area contributed by atoms with Gasteiger partial charge in [-0.25, -0.2) is 9.97 Å². The van der Waals surface area contributed by atoms with Crippen LogP contribution in [-0.4, -0.2) is 26.4 Å². The third-order valence-electron chi connectivity index (χ3n) is 5.15. The minimum atomic E-state index is 0.749. The Hall–Kier alpha value is -3.09. The molecule has 0 radical (unpaired) electrons. The fourth-order valence-corrected chi connectivity index (χ4v) is 4.33. The zero-order valence-corrected chi connectivity index (χ0v) is 16.8. The summed E-state index contributed by atoms with van der Waals surface area (Å²) in [5.74, 6) is 0.766. The number of benzene rings is 1. The highest BCUT2D eigenvalue weighted by Crippen LogP contribution is 2.25. The summed E-state index contributed by atoms with van der Waals surface area (Å²) in [4.78, 5) is 17.9. The summed E-state index contributed by atoms with van der Waals surface area (Å²) in [6.45, 7) is 2.65. The first-order chi connectivity index (χ1) is 14.2. The number of aromatic nitrogens is 3. The topological polar surface area (TPSA) is 67.9 Å². The van der Waals surface area contributed by atoms with Crippen molar-refractivity contribution in [2.75, 3.05) is 12.3 Å². The van der Waals surface area contributed by atoms with E-state index in [1.54, 1.807) is 11.3 Å². The lowest BCUT2D eigenvalue weighted by Crippen LogP contribution is -2.31. The van der Waals surface area contributed by atoms with Crippen LogP contribution in [0, 0.1) is 0 Å². The first-order valence-electron chi connectivity index (χ1n) is 9.67. The van der Waals surface area contributed by atoms with E-state index in [0.29, 0.717) is 0 Å². The van der Waals surface area contributed by atoms with E-state index >= 15 is 0 Å². The van der Waals surface area contributed by atoms with Crippen LogP contribution in [0.4, 0.5) is 5.69 Å². The Morgan fingerprint density at radius 2 is 1.90 bits per heavy atom. The molecule has 0 fully saturated rings. The van der Waals surface area contributed by atoms with Gasteiger partial charge in [-0.2, -0.15) is 0 Å². The van der Waals surface area contributed by atoms with E-state index in [2.05, 4.69) is 45.6 Å². The second-order valence-electron chi connectivity index (χ2n) is 7.24. The van der Waals surface area contributed by atoms with Gasteiger partial charge in [-0.3, -0.25) is 9.88 Å². The van der Waals surface area contributed by atoms with E-state index in [9.17, 15) is 0 Å². The summed E-state index contributed by atoms with van der Waals surface area (Å²) < 4.78 is 0. The summed E-state index contributed by atoms with van der Waals surface area (Å²) in [5.41, 5.74) is 12.0. The molecule has 4 aromatic rings. The van der Waals surface area contributed by atoms with Crippen LogP contribution in [0.1, 0.15) is 17.0 Å². The molecule has 6 heteroatoms. The van der Waals surface area contributed by atoms with E-state index < -0.39 is 0 Å². The Balaban J connectivity index is 1.31. The number of anilines is 1. The van der Waals surface area contributed by atoms with Crippen LogP contribution in [0.5, 0.6) is 0 Å². The van der Waals surface area contributed by atoms with Gasteiger partial charge in [-0.1, -0.05) is 12.1 Å². The summed E-state index contributed by atoms with van der Waals surface area (Å²) in [7, 11) is 0. The van der Waals surface area contributed by atoms with E-state index in [0.717, 1.165) is 60.2 Å². The van der Waals surface area contributed by atoms with Crippen molar-refractivity contribution in [3.63, 3.8) is 0 Å². The number of fused-ring (bicyclic) bond motifs is 1. The summed E-state index contributed by atoms with van der Waals surface area (Å²) in [5, 5.41) is 2.09.